The van der Waals surface area contributed by atoms with Gasteiger partial charge in [-0.25, -0.2) is 0 Å². The van der Waals surface area contributed by atoms with Crippen molar-refractivity contribution < 1.29 is 5.11 Å². The maximum atomic E-state index is 9.11. The van der Waals surface area contributed by atoms with E-state index in [4.69, 9.17) is 5.11 Å². The van der Waals surface area contributed by atoms with Gasteiger partial charge in [0.05, 0.1) is 5.76 Å². The molecule has 1 aliphatic rings. The van der Waals surface area contributed by atoms with Crippen molar-refractivity contribution in [3.05, 3.63) is 11.8 Å². The number of hydrogen-bond donors (Lipinski definition) is 1. The molecule has 0 spiro atoms. The number of allylic oxidation sites excluding steroid dienone is 2. The Hall–Kier alpha value is -0.460. The van der Waals surface area contributed by atoms with Crippen molar-refractivity contribution >= 4 is 0 Å². The van der Waals surface area contributed by atoms with Crippen molar-refractivity contribution in [2.45, 2.75) is 26.7 Å². The molecule has 0 bridgehead atoms. The lowest BCUT2D eigenvalue weighted by Gasteiger charge is -2.19. The molecule has 0 fully saturated rings. The molecule has 0 aromatic heterocycles. The van der Waals surface area contributed by atoms with Gasteiger partial charge in [0.25, 0.3) is 0 Å². The summed E-state index contributed by atoms with van der Waals surface area (Å²) >= 11 is 0. The minimum absolute atomic E-state index is 0.578. The molecule has 2 unspecified atom stereocenters. The third-order valence-corrected chi connectivity index (χ3v) is 1.81. The van der Waals surface area contributed by atoms with Gasteiger partial charge in [-0.1, -0.05) is 13.8 Å². The van der Waals surface area contributed by atoms with Crippen LogP contribution in [0, 0.1) is 11.8 Å². The Balaban J connectivity index is 2.56. The van der Waals surface area contributed by atoms with Crippen LogP contribution in [0.3, 0.4) is 0 Å². The summed E-state index contributed by atoms with van der Waals surface area (Å²) in [7, 11) is 0. The Morgan fingerprint density at radius 2 is 2.22 bits per heavy atom. The number of aliphatic hydroxyl groups is 1. The summed E-state index contributed by atoms with van der Waals surface area (Å²) in [6, 6.07) is 0. The fourth-order valence-electron chi connectivity index (χ4n) is 1.54. The third-order valence-electron chi connectivity index (χ3n) is 1.81. The van der Waals surface area contributed by atoms with E-state index in [1.54, 1.807) is 0 Å². The van der Waals surface area contributed by atoms with Gasteiger partial charge >= 0.3 is 0 Å². The first kappa shape index (κ1) is 6.66. The highest BCUT2D eigenvalue weighted by Gasteiger charge is 2.14. The van der Waals surface area contributed by atoms with Crippen molar-refractivity contribution in [1.29, 1.82) is 0 Å². The molecule has 1 nitrogen and oxygen atoms in total. The lowest BCUT2D eigenvalue weighted by Crippen LogP contribution is -2.08. The molecule has 0 aromatic rings. The molecule has 2 atom stereocenters. The zero-order valence-electron chi connectivity index (χ0n) is 6.09. The SMILES string of the molecule is CC1C=C(O)CC(C)C1. The minimum atomic E-state index is 0.578. The Morgan fingerprint density at radius 1 is 1.56 bits per heavy atom. The van der Waals surface area contributed by atoms with Crippen LogP contribution in [0.4, 0.5) is 0 Å². The van der Waals surface area contributed by atoms with E-state index in [-0.39, 0.29) is 0 Å². The first-order chi connectivity index (χ1) is 4.18. The highest BCUT2D eigenvalue weighted by molar-refractivity contribution is 4.99. The molecule has 0 heterocycles. The van der Waals surface area contributed by atoms with Crippen LogP contribution in [0.25, 0.3) is 0 Å². The minimum Gasteiger partial charge on any atom is -0.513 e. The number of rotatable bonds is 0. The van der Waals surface area contributed by atoms with Crippen LogP contribution in [0.2, 0.25) is 0 Å². The molecule has 0 aliphatic heterocycles. The maximum absolute atomic E-state index is 9.11. The molecule has 1 N–H and O–H groups in total. The molecule has 1 aliphatic carbocycles. The van der Waals surface area contributed by atoms with Gasteiger partial charge in [0, 0.05) is 6.42 Å². The smallest absolute Gasteiger partial charge is 0.0888 e. The van der Waals surface area contributed by atoms with Gasteiger partial charge in [0.15, 0.2) is 0 Å². The van der Waals surface area contributed by atoms with Crippen LogP contribution >= 0.6 is 0 Å². The normalized spacial score (nSPS) is 36.0. The fraction of sp³-hybridized carbons (Fsp3) is 0.750. The zero-order chi connectivity index (χ0) is 6.85. The Bertz CT molecular complexity index is 127. The standard InChI is InChI=1S/C8H14O/c1-6-3-7(2)5-8(9)4-6/h4,6-7,9H,3,5H2,1-2H3. The monoisotopic (exact) mass is 126 g/mol. The van der Waals surface area contributed by atoms with Gasteiger partial charge < -0.3 is 5.11 Å². The van der Waals surface area contributed by atoms with E-state index in [0.29, 0.717) is 17.6 Å². The molecule has 1 rings (SSSR count). The number of hydrogen-bond acceptors (Lipinski definition) is 1. The molecule has 0 saturated carbocycles. The Kier molecular flexibility index (Phi) is 1.79. The molecule has 0 amide bonds. The van der Waals surface area contributed by atoms with Crippen molar-refractivity contribution in [3.8, 4) is 0 Å². The molecule has 52 valence electrons. The van der Waals surface area contributed by atoms with Crippen molar-refractivity contribution in [1.82, 2.24) is 0 Å². The Labute approximate surface area is 56.4 Å². The quantitative estimate of drug-likeness (QED) is 0.528. The highest BCUT2D eigenvalue weighted by atomic mass is 16.3. The van der Waals surface area contributed by atoms with Crippen LogP contribution in [-0.4, -0.2) is 5.11 Å². The predicted octanol–water partition coefficient (Wildman–Crippen LogP) is 2.49. The molecule has 0 saturated heterocycles. The van der Waals surface area contributed by atoms with Gasteiger partial charge in [-0.3, -0.25) is 0 Å². The first-order valence-electron chi connectivity index (χ1n) is 3.58. The van der Waals surface area contributed by atoms with E-state index in [2.05, 4.69) is 13.8 Å². The van der Waals surface area contributed by atoms with Crippen LogP contribution in [0.5, 0.6) is 0 Å². The van der Waals surface area contributed by atoms with Gasteiger partial charge in [0.1, 0.15) is 0 Å². The van der Waals surface area contributed by atoms with Crippen molar-refractivity contribution in [2.75, 3.05) is 0 Å². The molecule has 9 heavy (non-hydrogen) atoms. The van der Waals surface area contributed by atoms with E-state index >= 15 is 0 Å². The maximum Gasteiger partial charge on any atom is 0.0888 e. The summed E-state index contributed by atoms with van der Waals surface area (Å²) in [4.78, 5) is 0. The van der Waals surface area contributed by atoms with E-state index in [9.17, 15) is 0 Å². The topological polar surface area (TPSA) is 20.2 Å². The molecule has 0 aromatic carbocycles. The van der Waals surface area contributed by atoms with Crippen LogP contribution < -0.4 is 0 Å². The van der Waals surface area contributed by atoms with Crippen LogP contribution in [-0.2, 0) is 0 Å². The van der Waals surface area contributed by atoms with E-state index < -0.39 is 0 Å². The third kappa shape index (κ3) is 1.74. The van der Waals surface area contributed by atoms with Crippen molar-refractivity contribution in [3.63, 3.8) is 0 Å². The van der Waals surface area contributed by atoms with Gasteiger partial charge in [-0.15, -0.1) is 0 Å². The van der Waals surface area contributed by atoms with Gasteiger partial charge in [-0.05, 0) is 24.3 Å². The highest BCUT2D eigenvalue weighted by Crippen LogP contribution is 2.25. The van der Waals surface area contributed by atoms with Gasteiger partial charge in [-0.2, -0.15) is 0 Å². The average Bonchev–Trinajstić information content (AvgIpc) is 1.59. The second kappa shape index (κ2) is 2.42. The summed E-state index contributed by atoms with van der Waals surface area (Å²) in [6.07, 6.45) is 4.06. The molecular formula is C8H14O. The lowest BCUT2D eigenvalue weighted by molar-refractivity contribution is 0.308. The second-order valence-corrected chi connectivity index (χ2v) is 3.18. The summed E-state index contributed by atoms with van der Waals surface area (Å²) in [5.41, 5.74) is 0. The van der Waals surface area contributed by atoms with Gasteiger partial charge in [0.2, 0.25) is 0 Å². The fourth-order valence-corrected chi connectivity index (χ4v) is 1.54. The lowest BCUT2D eigenvalue weighted by atomic mass is 9.88. The van der Waals surface area contributed by atoms with Crippen LogP contribution in [0.1, 0.15) is 26.7 Å². The second-order valence-electron chi connectivity index (χ2n) is 3.18. The number of aliphatic hydroxyl groups excluding tert-OH is 1. The molecule has 0 radical (unpaired) electrons. The van der Waals surface area contributed by atoms with Crippen molar-refractivity contribution in [2.24, 2.45) is 11.8 Å². The molecular weight excluding hydrogens is 112 g/mol. The zero-order valence-corrected chi connectivity index (χ0v) is 6.09. The summed E-state index contributed by atoms with van der Waals surface area (Å²) < 4.78 is 0. The largest absolute Gasteiger partial charge is 0.513 e. The average molecular weight is 126 g/mol. The summed E-state index contributed by atoms with van der Waals surface area (Å²) in [5, 5.41) is 9.11. The van der Waals surface area contributed by atoms with Crippen LogP contribution in [0.15, 0.2) is 11.8 Å². The van der Waals surface area contributed by atoms with E-state index in [1.165, 1.54) is 6.42 Å². The predicted molar refractivity (Wildman–Crippen MR) is 38.3 cm³/mol. The first-order valence-corrected chi connectivity index (χ1v) is 3.58. The Morgan fingerprint density at radius 3 is 2.67 bits per heavy atom. The van der Waals surface area contributed by atoms with E-state index in [1.807, 2.05) is 6.08 Å². The molecule has 1 heteroatoms. The summed E-state index contributed by atoms with van der Waals surface area (Å²) in [6.45, 7) is 4.32. The van der Waals surface area contributed by atoms with E-state index in [0.717, 1.165) is 6.42 Å². The summed E-state index contributed by atoms with van der Waals surface area (Å²) in [5.74, 6) is 1.83.